The first kappa shape index (κ1) is 17.2. The standard InChI is InChI=1S/C19H26OSSi/c1-13-7-6-8-18(14(13)2)22-12-21-15-9-10-17(20)16(11-15)19(3,4)5/h6-11,20H,12,22H2,1-5H3. The van der Waals surface area contributed by atoms with Gasteiger partial charge in [0.15, 0.2) is 0 Å². The second-order valence-corrected chi connectivity index (χ2v) is 10.5. The lowest BCUT2D eigenvalue weighted by Gasteiger charge is -2.21. The highest BCUT2D eigenvalue weighted by molar-refractivity contribution is 8.00. The van der Waals surface area contributed by atoms with Crippen molar-refractivity contribution in [3.63, 3.8) is 0 Å². The fourth-order valence-corrected chi connectivity index (χ4v) is 6.12. The minimum atomic E-state index is -0.261. The summed E-state index contributed by atoms with van der Waals surface area (Å²) in [6.45, 7) is 10.8. The van der Waals surface area contributed by atoms with Gasteiger partial charge in [0.25, 0.3) is 0 Å². The third-order valence-electron chi connectivity index (χ3n) is 4.13. The van der Waals surface area contributed by atoms with Gasteiger partial charge in [0, 0.05) is 10.5 Å². The van der Waals surface area contributed by atoms with Gasteiger partial charge in [0.2, 0.25) is 0 Å². The molecule has 2 aromatic carbocycles. The van der Waals surface area contributed by atoms with E-state index in [4.69, 9.17) is 0 Å². The van der Waals surface area contributed by atoms with Crippen molar-refractivity contribution in [2.75, 3.05) is 5.38 Å². The molecule has 0 atom stereocenters. The SMILES string of the molecule is Cc1cccc([SiH2]CSc2ccc(O)c(C(C)(C)C)c2)c1C. The Bertz CT molecular complexity index is 659. The van der Waals surface area contributed by atoms with Gasteiger partial charge in [0.05, 0.1) is 9.52 Å². The van der Waals surface area contributed by atoms with E-state index in [1.807, 2.05) is 23.9 Å². The van der Waals surface area contributed by atoms with Crippen LogP contribution in [-0.4, -0.2) is 20.0 Å². The third-order valence-corrected chi connectivity index (χ3v) is 7.66. The zero-order valence-corrected chi connectivity index (χ0v) is 16.5. The van der Waals surface area contributed by atoms with Gasteiger partial charge in [-0.25, -0.2) is 0 Å². The van der Waals surface area contributed by atoms with Crippen molar-refractivity contribution in [3.05, 3.63) is 53.1 Å². The molecule has 3 heteroatoms. The van der Waals surface area contributed by atoms with E-state index in [2.05, 4.69) is 58.9 Å². The number of aryl methyl sites for hydroxylation is 1. The second kappa shape index (κ2) is 6.92. The van der Waals surface area contributed by atoms with Crippen LogP contribution in [0.25, 0.3) is 0 Å². The molecule has 118 valence electrons. The Balaban J connectivity index is 2.05. The maximum atomic E-state index is 10.0. The van der Waals surface area contributed by atoms with E-state index in [9.17, 15) is 5.11 Å². The molecule has 0 unspecified atom stereocenters. The van der Waals surface area contributed by atoms with Crippen LogP contribution in [0, 0.1) is 13.8 Å². The minimum Gasteiger partial charge on any atom is -0.508 e. The summed E-state index contributed by atoms with van der Waals surface area (Å²) in [5.74, 6) is 0.406. The van der Waals surface area contributed by atoms with Gasteiger partial charge >= 0.3 is 0 Å². The molecule has 0 spiro atoms. The predicted octanol–water partition coefficient (Wildman–Crippen LogP) is 3.85. The van der Waals surface area contributed by atoms with Gasteiger partial charge in [-0.3, -0.25) is 0 Å². The average molecular weight is 331 g/mol. The van der Waals surface area contributed by atoms with Gasteiger partial charge < -0.3 is 5.11 Å². The van der Waals surface area contributed by atoms with Gasteiger partial charge in [-0.2, -0.15) is 0 Å². The largest absolute Gasteiger partial charge is 0.508 e. The molecule has 0 aliphatic carbocycles. The van der Waals surface area contributed by atoms with E-state index >= 15 is 0 Å². The number of aromatic hydroxyl groups is 1. The number of hydrogen-bond acceptors (Lipinski definition) is 2. The highest BCUT2D eigenvalue weighted by Gasteiger charge is 2.18. The normalized spacial score (nSPS) is 12.2. The molecule has 22 heavy (non-hydrogen) atoms. The maximum absolute atomic E-state index is 10.0. The van der Waals surface area contributed by atoms with Gasteiger partial charge in [-0.15, -0.1) is 11.8 Å². The van der Waals surface area contributed by atoms with E-state index < -0.39 is 0 Å². The Kier molecular flexibility index (Phi) is 5.40. The molecular weight excluding hydrogens is 304 g/mol. The molecule has 1 N–H and O–H groups in total. The van der Waals surface area contributed by atoms with Crippen LogP contribution in [0.3, 0.4) is 0 Å². The second-order valence-electron chi connectivity index (χ2n) is 6.89. The molecule has 2 rings (SSSR count). The van der Waals surface area contributed by atoms with Crippen LogP contribution in [-0.2, 0) is 5.41 Å². The zero-order valence-electron chi connectivity index (χ0n) is 14.2. The lowest BCUT2D eigenvalue weighted by atomic mass is 9.86. The fraction of sp³-hybridized carbons (Fsp3) is 0.368. The van der Waals surface area contributed by atoms with Crippen molar-refractivity contribution in [2.24, 2.45) is 0 Å². The van der Waals surface area contributed by atoms with Crippen LogP contribution in [0.5, 0.6) is 5.75 Å². The summed E-state index contributed by atoms with van der Waals surface area (Å²) in [7, 11) is -0.261. The minimum absolute atomic E-state index is 0.0226. The lowest BCUT2D eigenvalue weighted by Crippen LogP contribution is -2.20. The monoisotopic (exact) mass is 330 g/mol. The van der Waals surface area contributed by atoms with Crippen molar-refractivity contribution in [2.45, 2.75) is 44.9 Å². The molecule has 0 aliphatic heterocycles. The van der Waals surface area contributed by atoms with Crippen molar-refractivity contribution >= 4 is 26.5 Å². The average Bonchev–Trinajstić information content (AvgIpc) is 2.44. The summed E-state index contributed by atoms with van der Waals surface area (Å²) in [4.78, 5) is 1.26. The van der Waals surface area contributed by atoms with Crippen LogP contribution in [0.15, 0.2) is 41.3 Å². The summed E-state index contributed by atoms with van der Waals surface area (Å²) in [6.07, 6.45) is 0. The lowest BCUT2D eigenvalue weighted by molar-refractivity contribution is 0.446. The number of phenols is 1. The van der Waals surface area contributed by atoms with Gasteiger partial charge in [-0.05, 0) is 54.0 Å². The molecule has 2 aromatic rings. The summed E-state index contributed by atoms with van der Waals surface area (Å²) in [6, 6.07) is 12.7. The maximum Gasteiger partial charge on any atom is 0.119 e. The summed E-state index contributed by atoms with van der Waals surface area (Å²) >= 11 is 1.92. The van der Waals surface area contributed by atoms with Gasteiger partial charge in [0.1, 0.15) is 5.75 Å². The number of hydrogen-bond donors (Lipinski definition) is 1. The van der Waals surface area contributed by atoms with Crippen LogP contribution in [0.2, 0.25) is 0 Å². The van der Waals surface area contributed by atoms with E-state index in [1.165, 1.54) is 21.4 Å². The number of rotatable bonds is 4. The first-order valence-corrected chi connectivity index (χ1v) is 10.5. The molecule has 0 amide bonds. The molecule has 0 heterocycles. The summed E-state index contributed by atoms with van der Waals surface area (Å²) in [5, 5.41) is 12.8. The molecule has 0 radical (unpaired) electrons. The summed E-state index contributed by atoms with van der Waals surface area (Å²) in [5.41, 5.74) is 3.88. The Morgan fingerprint density at radius 1 is 1.09 bits per heavy atom. The summed E-state index contributed by atoms with van der Waals surface area (Å²) < 4.78 is 0. The molecule has 0 aliphatic rings. The quantitative estimate of drug-likeness (QED) is 0.679. The number of phenolic OH excluding ortho intramolecular Hbond substituents is 1. The molecule has 0 bridgehead atoms. The van der Waals surface area contributed by atoms with Crippen LogP contribution >= 0.6 is 11.8 Å². The Labute approximate surface area is 141 Å². The first-order chi connectivity index (χ1) is 10.3. The molecule has 0 saturated heterocycles. The highest BCUT2D eigenvalue weighted by Crippen LogP contribution is 2.33. The van der Waals surface area contributed by atoms with Crippen LogP contribution < -0.4 is 5.19 Å². The highest BCUT2D eigenvalue weighted by atomic mass is 32.2. The van der Waals surface area contributed by atoms with E-state index in [1.54, 1.807) is 5.19 Å². The molecule has 0 saturated carbocycles. The topological polar surface area (TPSA) is 20.2 Å². The van der Waals surface area contributed by atoms with Crippen molar-refractivity contribution in [3.8, 4) is 5.75 Å². The third kappa shape index (κ3) is 4.17. The number of thioether (sulfide) groups is 1. The van der Waals surface area contributed by atoms with E-state index in [0.29, 0.717) is 5.75 Å². The first-order valence-electron chi connectivity index (χ1n) is 7.80. The molecule has 0 fully saturated rings. The molecule has 0 aromatic heterocycles. The van der Waals surface area contributed by atoms with Crippen molar-refractivity contribution < 1.29 is 5.11 Å². The van der Waals surface area contributed by atoms with Gasteiger partial charge in [-0.1, -0.05) is 44.2 Å². The van der Waals surface area contributed by atoms with Crippen LogP contribution in [0.4, 0.5) is 0 Å². The predicted molar refractivity (Wildman–Crippen MR) is 102 cm³/mol. The fourth-order valence-electron chi connectivity index (χ4n) is 2.57. The smallest absolute Gasteiger partial charge is 0.119 e. The Hall–Kier alpha value is -1.19. The molecular formula is C19H26OSSi. The van der Waals surface area contributed by atoms with Crippen molar-refractivity contribution in [1.29, 1.82) is 0 Å². The van der Waals surface area contributed by atoms with Crippen LogP contribution in [0.1, 0.15) is 37.5 Å². The zero-order chi connectivity index (χ0) is 16.3. The Morgan fingerprint density at radius 2 is 1.82 bits per heavy atom. The van der Waals surface area contributed by atoms with Crippen molar-refractivity contribution in [1.82, 2.24) is 0 Å². The number of benzene rings is 2. The molecule has 1 nitrogen and oxygen atoms in total. The van der Waals surface area contributed by atoms with E-state index in [0.717, 1.165) is 5.56 Å². The Morgan fingerprint density at radius 3 is 2.50 bits per heavy atom. The van der Waals surface area contributed by atoms with E-state index in [-0.39, 0.29) is 14.9 Å².